The van der Waals surface area contributed by atoms with E-state index in [-0.39, 0.29) is 17.2 Å². The molecule has 0 saturated carbocycles. The van der Waals surface area contributed by atoms with E-state index in [2.05, 4.69) is 10.3 Å². The fourth-order valence-electron chi connectivity index (χ4n) is 2.90. The summed E-state index contributed by atoms with van der Waals surface area (Å²) in [4.78, 5) is 16.9. The average Bonchev–Trinajstić information content (AvgIpc) is 3.27. The topological polar surface area (TPSA) is 51.2 Å². The third kappa shape index (κ3) is 5.13. The molecule has 3 aromatic carbocycles. The highest BCUT2D eigenvalue weighted by molar-refractivity contribution is 7.13. The fourth-order valence-corrected chi connectivity index (χ4v) is 3.70. The van der Waals surface area contributed by atoms with Crippen LogP contribution in [-0.4, -0.2) is 10.9 Å². The molecule has 1 aromatic heterocycles. The molecule has 1 N–H and O–H groups in total. The number of hydrogen-bond acceptors (Lipinski definition) is 4. The van der Waals surface area contributed by atoms with Gasteiger partial charge in [-0.15, -0.1) is 11.3 Å². The number of rotatable bonds is 6. The van der Waals surface area contributed by atoms with Crippen LogP contribution >= 0.6 is 11.3 Å². The normalized spacial score (nSPS) is 10.7. The van der Waals surface area contributed by atoms with Gasteiger partial charge in [-0.1, -0.05) is 30.3 Å². The van der Waals surface area contributed by atoms with Gasteiger partial charge >= 0.3 is 0 Å². The van der Waals surface area contributed by atoms with Crippen molar-refractivity contribution < 1.29 is 18.3 Å². The quantitative estimate of drug-likeness (QED) is 0.390. The lowest BCUT2D eigenvalue weighted by atomic mass is 10.2. The van der Waals surface area contributed by atoms with Gasteiger partial charge in [0.25, 0.3) is 5.91 Å². The molecule has 4 rings (SSSR count). The van der Waals surface area contributed by atoms with E-state index in [4.69, 9.17) is 4.74 Å². The number of amides is 1. The minimum atomic E-state index is -0.500. The summed E-state index contributed by atoms with van der Waals surface area (Å²) in [5.41, 5.74) is 2.81. The zero-order valence-electron chi connectivity index (χ0n) is 16.6. The Kier molecular flexibility index (Phi) is 6.04. The van der Waals surface area contributed by atoms with Crippen LogP contribution in [0.5, 0.6) is 5.75 Å². The van der Waals surface area contributed by atoms with Crippen LogP contribution in [0.4, 0.5) is 14.5 Å². The molecule has 156 valence electrons. The second-order valence-electron chi connectivity index (χ2n) is 6.92. The van der Waals surface area contributed by atoms with E-state index in [9.17, 15) is 13.6 Å². The van der Waals surface area contributed by atoms with Gasteiger partial charge in [0.15, 0.2) is 0 Å². The molecule has 1 heterocycles. The van der Waals surface area contributed by atoms with Crippen LogP contribution in [0.2, 0.25) is 0 Å². The zero-order chi connectivity index (χ0) is 21.8. The summed E-state index contributed by atoms with van der Waals surface area (Å²) < 4.78 is 32.7. The Labute approximate surface area is 182 Å². The largest absolute Gasteiger partial charge is 0.489 e. The summed E-state index contributed by atoms with van der Waals surface area (Å²) in [7, 11) is 0. The van der Waals surface area contributed by atoms with Gasteiger partial charge in [0, 0.05) is 10.9 Å². The molecule has 1 amide bonds. The highest BCUT2D eigenvalue weighted by atomic mass is 32.1. The van der Waals surface area contributed by atoms with E-state index in [1.165, 1.54) is 29.5 Å². The van der Waals surface area contributed by atoms with E-state index in [0.29, 0.717) is 17.4 Å². The molecule has 0 bridgehead atoms. The fraction of sp³-hybridized carbons (Fsp3) is 0.0833. The Morgan fingerprint density at radius 1 is 1.06 bits per heavy atom. The number of thiazole rings is 1. The molecule has 0 aliphatic heterocycles. The van der Waals surface area contributed by atoms with Crippen molar-refractivity contribution in [1.29, 1.82) is 0 Å². The molecule has 0 radical (unpaired) electrons. The average molecular weight is 436 g/mol. The van der Waals surface area contributed by atoms with Crippen molar-refractivity contribution in [1.82, 2.24) is 4.98 Å². The number of benzene rings is 3. The van der Waals surface area contributed by atoms with E-state index in [1.54, 1.807) is 29.6 Å². The number of halogens is 2. The predicted molar refractivity (Wildman–Crippen MR) is 117 cm³/mol. The molecular weight excluding hydrogens is 418 g/mol. The first kappa shape index (κ1) is 20.7. The molecule has 4 nitrogen and oxygen atoms in total. The lowest BCUT2D eigenvalue weighted by Gasteiger charge is -2.07. The summed E-state index contributed by atoms with van der Waals surface area (Å²) in [5, 5.41) is 4.83. The van der Waals surface area contributed by atoms with Crippen LogP contribution in [0.1, 0.15) is 21.6 Å². The first-order valence-electron chi connectivity index (χ1n) is 9.48. The number of nitrogens with one attached hydrogen (secondary N) is 1. The van der Waals surface area contributed by atoms with E-state index in [1.807, 2.05) is 31.2 Å². The van der Waals surface area contributed by atoms with Crippen molar-refractivity contribution in [2.24, 2.45) is 0 Å². The van der Waals surface area contributed by atoms with Crippen LogP contribution in [0, 0.1) is 18.6 Å². The van der Waals surface area contributed by atoms with Crippen LogP contribution in [0.15, 0.2) is 72.1 Å². The number of aromatic nitrogens is 1. The summed E-state index contributed by atoms with van der Waals surface area (Å²) >= 11 is 1.31. The Balaban J connectivity index is 1.45. The maximum atomic E-state index is 13.9. The molecule has 31 heavy (non-hydrogen) atoms. The van der Waals surface area contributed by atoms with Gasteiger partial charge < -0.3 is 10.1 Å². The van der Waals surface area contributed by atoms with Gasteiger partial charge in [-0.2, -0.15) is 0 Å². The van der Waals surface area contributed by atoms with Crippen LogP contribution in [-0.2, 0) is 6.61 Å². The number of nitrogens with zero attached hydrogens (tertiary/aromatic N) is 1. The van der Waals surface area contributed by atoms with Crippen molar-refractivity contribution in [3.05, 3.63) is 101 Å². The lowest BCUT2D eigenvalue weighted by Crippen LogP contribution is -2.13. The van der Waals surface area contributed by atoms with Crippen LogP contribution in [0.3, 0.4) is 0 Å². The second kappa shape index (κ2) is 9.06. The summed E-state index contributed by atoms with van der Waals surface area (Å²) in [5.74, 6) is -0.638. The van der Waals surface area contributed by atoms with E-state index >= 15 is 0 Å². The van der Waals surface area contributed by atoms with Gasteiger partial charge in [0.2, 0.25) is 0 Å². The Morgan fingerprint density at radius 3 is 2.68 bits per heavy atom. The number of carbonyl (C=O) groups excluding carboxylic acids is 1. The standard InChI is InChI=1S/C24H18F2N2O2S/c1-15-5-10-20(26)21(11-15)27-23(29)22-14-31-24(28-22)17-3-2-4-19(12-17)30-13-16-6-8-18(25)9-7-16/h2-12,14H,13H2,1H3,(H,27,29). The SMILES string of the molecule is Cc1ccc(F)c(NC(=O)c2csc(-c3cccc(OCc4ccc(F)cc4)c3)n2)c1. The molecule has 0 atom stereocenters. The van der Waals surface area contributed by atoms with E-state index in [0.717, 1.165) is 16.7 Å². The van der Waals surface area contributed by atoms with Crippen LogP contribution in [0.25, 0.3) is 10.6 Å². The molecule has 0 spiro atoms. The molecule has 0 saturated heterocycles. The minimum Gasteiger partial charge on any atom is -0.489 e. The minimum absolute atomic E-state index is 0.121. The van der Waals surface area contributed by atoms with Crippen molar-refractivity contribution in [2.45, 2.75) is 13.5 Å². The molecular formula is C24H18F2N2O2S. The Hall–Kier alpha value is -3.58. The van der Waals surface area contributed by atoms with Crippen molar-refractivity contribution in [3.63, 3.8) is 0 Å². The molecule has 4 aromatic rings. The second-order valence-corrected chi connectivity index (χ2v) is 7.78. The van der Waals surface area contributed by atoms with Gasteiger partial charge in [-0.25, -0.2) is 13.8 Å². The maximum Gasteiger partial charge on any atom is 0.275 e. The maximum absolute atomic E-state index is 13.9. The third-order valence-corrected chi connectivity index (χ3v) is 5.40. The number of carbonyl (C=O) groups is 1. The van der Waals surface area contributed by atoms with Crippen molar-refractivity contribution in [2.75, 3.05) is 5.32 Å². The molecule has 0 aliphatic carbocycles. The Bertz CT molecular complexity index is 1220. The van der Waals surface area contributed by atoms with Crippen molar-refractivity contribution in [3.8, 4) is 16.3 Å². The van der Waals surface area contributed by atoms with Gasteiger partial charge in [0.05, 0.1) is 5.69 Å². The van der Waals surface area contributed by atoms with Gasteiger partial charge in [-0.05, 0) is 54.4 Å². The zero-order valence-corrected chi connectivity index (χ0v) is 17.4. The van der Waals surface area contributed by atoms with Gasteiger partial charge in [-0.3, -0.25) is 4.79 Å². The molecule has 0 aliphatic rings. The first-order chi connectivity index (χ1) is 15.0. The molecule has 0 unspecified atom stereocenters. The smallest absolute Gasteiger partial charge is 0.275 e. The summed E-state index contributed by atoms with van der Waals surface area (Å²) in [6.45, 7) is 2.12. The monoisotopic (exact) mass is 436 g/mol. The van der Waals surface area contributed by atoms with Crippen LogP contribution < -0.4 is 10.1 Å². The number of aryl methyl sites for hydroxylation is 1. The molecule has 7 heteroatoms. The highest BCUT2D eigenvalue weighted by Gasteiger charge is 2.14. The van der Waals surface area contributed by atoms with Crippen molar-refractivity contribution >= 4 is 22.9 Å². The third-order valence-electron chi connectivity index (χ3n) is 4.51. The molecule has 0 fully saturated rings. The predicted octanol–water partition coefficient (Wildman–Crippen LogP) is 6.23. The number of ether oxygens (including phenoxy) is 1. The number of hydrogen-bond donors (Lipinski definition) is 1. The lowest BCUT2D eigenvalue weighted by molar-refractivity contribution is 0.102. The highest BCUT2D eigenvalue weighted by Crippen LogP contribution is 2.28. The summed E-state index contributed by atoms with van der Waals surface area (Å²) in [6, 6.07) is 18.0. The van der Waals surface area contributed by atoms with Gasteiger partial charge in [0.1, 0.15) is 34.7 Å². The summed E-state index contributed by atoms with van der Waals surface area (Å²) in [6.07, 6.45) is 0. The number of anilines is 1. The van der Waals surface area contributed by atoms with E-state index < -0.39 is 11.7 Å². The first-order valence-corrected chi connectivity index (χ1v) is 10.4. The Morgan fingerprint density at radius 2 is 1.87 bits per heavy atom.